The van der Waals surface area contributed by atoms with Crippen molar-refractivity contribution in [3.8, 4) is 0 Å². The fraction of sp³-hybridized carbons (Fsp3) is 0.800. The molecule has 0 saturated carbocycles. The van der Waals surface area contributed by atoms with Gasteiger partial charge in [0.2, 0.25) is 0 Å². The molecule has 0 bridgehead atoms. The van der Waals surface area contributed by atoms with Gasteiger partial charge in [-0.2, -0.15) is 0 Å². The maximum atomic E-state index is 5.53. The Labute approximate surface area is 91.0 Å². The molecule has 0 amide bonds. The van der Waals surface area contributed by atoms with E-state index in [4.69, 9.17) is 5.84 Å². The van der Waals surface area contributed by atoms with Crippen molar-refractivity contribution in [1.82, 2.24) is 20.4 Å². The molecule has 0 saturated heterocycles. The summed E-state index contributed by atoms with van der Waals surface area (Å²) in [5.41, 5.74) is 3.87. The fourth-order valence-electron chi connectivity index (χ4n) is 1.70. The fourth-order valence-corrected chi connectivity index (χ4v) is 1.70. The van der Waals surface area contributed by atoms with Gasteiger partial charge in [-0.15, -0.1) is 5.10 Å². The Kier molecular flexibility index (Phi) is 5.28. The molecule has 5 heteroatoms. The SMILES string of the molecule is CCCCCCC(NN)c1cnnn1C. The predicted octanol–water partition coefficient (Wildman–Crippen LogP) is 1.29. The molecule has 0 aromatic carbocycles. The summed E-state index contributed by atoms with van der Waals surface area (Å²) < 4.78 is 1.77. The van der Waals surface area contributed by atoms with Crippen LogP contribution in [0.1, 0.15) is 50.8 Å². The molecule has 1 aromatic rings. The molecule has 0 aliphatic rings. The first-order chi connectivity index (χ1) is 7.29. The average molecular weight is 211 g/mol. The Morgan fingerprint density at radius 3 is 2.80 bits per heavy atom. The summed E-state index contributed by atoms with van der Waals surface area (Å²) in [5.74, 6) is 5.53. The Morgan fingerprint density at radius 2 is 2.27 bits per heavy atom. The number of hydrogen-bond donors (Lipinski definition) is 2. The van der Waals surface area contributed by atoms with Crippen molar-refractivity contribution in [2.45, 2.75) is 45.1 Å². The molecular formula is C10H21N5. The number of hydrazine groups is 1. The standard InChI is InChI=1S/C10H21N5/c1-3-4-5-6-7-9(13-11)10-8-12-14-15(10)2/h8-9,13H,3-7,11H2,1-2H3. The summed E-state index contributed by atoms with van der Waals surface area (Å²) in [6, 6.07) is 0.168. The highest BCUT2D eigenvalue weighted by molar-refractivity contribution is 5.00. The first kappa shape index (κ1) is 12.1. The molecule has 1 rings (SSSR count). The first-order valence-electron chi connectivity index (χ1n) is 5.60. The molecule has 1 atom stereocenters. The van der Waals surface area contributed by atoms with Crippen molar-refractivity contribution < 1.29 is 0 Å². The van der Waals surface area contributed by atoms with E-state index >= 15 is 0 Å². The van der Waals surface area contributed by atoms with Gasteiger partial charge in [-0.3, -0.25) is 16.0 Å². The van der Waals surface area contributed by atoms with E-state index in [0.29, 0.717) is 0 Å². The van der Waals surface area contributed by atoms with Crippen LogP contribution in [0, 0.1) is 0 Å². The minimum Gasteiger partial charge on any atom is -0.271 e. The molecule has 15 heavy (non-hydrogen) atoms. The number of aryl methyl sites for hydroxylation is 1. The number of nitrogens with two attached hydrogens (primary N) is 1. The van der Waals surface area contributed by atoms with Crippen LogP contribution in [0.3, 0.4) is 0 Å². The molecule has 1 aromatic heterocycles. The van der Waals surface area contributed by atoms with Gasteiger partial charge in [-0.1, -0.05) is 37.8 Å². The summed E-state index contributed by atoms with van der Waals surface area (Å²) in [7, 11) is 1.89. The van der Waals surface area contributed by atoms with Crippen molar-refractivity contribution in [3.63, 3.8) is 0 Å². The maximum Gasteiger partial charge on any atom is 0.0766 e. The summed E-state index contributed by atoms with van der Waals surface area (Å²) in [6.45, 7) is 2.21. The third-order valence-corrected chi connectivity index (χ3v) is 2.65. The first-order valence-corrected chi connectivity index (χ1v) is 5.60. The van der Waals surface area contributed by atoms with Crippen LogP contribution in [0.25, 0.3) is 0 Å². The van der Waals surface area contributed by atoms with E-state index < -0.39 is 0 Å². The van der Waals surface area contributed by atoms with Crippen molar-refractivity contribution in [2.75, 3.05) is 0 Å². The minimum absolute atomic E-state index is 0.168. The average Bonchev–Trinajstić information content (AvgIpc) is 2.65. The number of nitrogens with one attached hydrogen (secondary N) is 1. The zero-order valence-electron chi connectivity index (χ0n) is 9.61. The van der Waals surface area contributed by atoms with Crippen LogP contribution >= 0.6 is 0 Å². The second-order valence-electron chi connectivity index (χ2n) is 3.85. The van der Waals surface area contributed by atoms with Crippen molar-refractivity contribution >= 4 is 0 Å². The molecule has 0 radical (unpaired) electrons. The van der Waals surface area contributed by atoms with Crippen LogP contribution < -0.4 is 11.3 Å². The number of hydrogen-bond acceptors (Lipinski definition) is 4. The van der Waals surface area contributed by atoms with Crippen molar-refractivity contribution in [2.24, 2.45) is 12.9 Å². The quantitative estimate of drug-likeness (QED) is 0.405. The van der Waals surface area contributed by atoms with Gasteiger partial charge in [0, 0.05) is 7.05 Å². The second kappa shape index (κ2) is 6.53. The van der Waals surface area contributed by atoms with E-state index in [-0.39, 0.29) is 6.04 Å². The summed E-state index contributed by atoms with van der Waals surface area (Å²) in [4.78, 5) is 0. The van der Waals surface area contributed by atoms with Gasteiger partial charge in [0.15, 0.2) is 0 Å². The molecule has 0 fully saturated rings. The molecular weight excluding hydrogens is 190 g/mol. The van der Waals surface area contributed by atoms with Gasteiger partial charge in [-0.25, -0.2) is 0 Å². The number of rotatable bonds is 7. The van der Waals surface area contributed by atoms with Crippen LogP contribution in [0.15, 0.2) is 6.20 Å². The highest BCUT2D eigenvalue weighted by Crippen LogP contribution is 2.17. The molecule has 0 spiro atoms. The molecule has 0 aliphatic heterocycles. The van der Waals surface area contributed by atoms with Crippen LogP contribution in [0.4, 0.5) is 0 Å². The summed E-state index contributed by atoms with van der Waals surface area (Å²) in [6.07, 6.45) is 7.81. The third-order valence-electron chi connectivity index (χ3n) is 2.65. The van der Waals surface area contributed by atoms with Gasteiger partial charge in [0.25, 0.3) is 0 Å². The number of aromatic nitrogens is 3. The Bertz CT molecular complexity index is 271. The third kappa shape index (κ3) is 3.60. The van der Waals surface area contributed by atoms with E-state index in [1.165, 1.54) is 25.7 Å². The van der Waals surface area contributed by atoms with Gasteiger partial charge in [-0.05, 0) is 6.42 Å². The molecule has 86 valence electrons. The number of nitrogens with zero attached hydrogens (tertiary/aromatic N) is 3. The van der Waals surface area contributed by atoms with E-state index in [1.54, 1.807) is 10.9 Å². The molecule has 1 unspecified atom stereocenters. The minimum atomic E-state index is 0.168. The van der Waals surface area contributed by atoms with Crippen LogP contribution in [0.5, 0.6) is 0 Å². The lowest BCUT2D eigenvalue weighted by Gasteiger charge is -2.14. The predicted molar refractivity (Wildman–Crippen MR) is 59.8 cm³/mol. The highest BCUT2D eigenvalue weighted by Gasteiger charge is 2.13. The normalized spacial score (nSPS) is 13.0. The van der Waals surface area contributed by atoms with Gasteiger partial charge >= 0.3 is 0 Å². The van der Waals surface area contributed by atoms with E-state index in [9.17, 15) is 0 Å². The van der Waals surface area contributed by atoms with Gasteiger partial charge in [0.1, 0.15) is 0 Å². The van der Waals surface area contributed by atoms with E-state index in [1.807, 2.05) is 7.05 Å². The summed E-state index contributed by atoms with van der Waals surface area (Å²) in [5, 5.41) is 7.75. The zero-order valence-corrected chi connectivity index (χ0v) is 9.61. The van der Waals surface area contributed by atoms with Gasteiger partial charge in [0.05, 0.1) is 17.9 Å². The van der Waals surface area contributed by atoms with Crippen molar-refractivity contribution in [3.05, 3.63) is 11.9 Å². The lowest BCUT2D eigenvalue weighted by molar-refractivity contribution is 0.454. The Morgan fingerprint density at radius 1 is 1.47 bits per heavy atom. The molecule has 0 aliphatic carbocycles. The van der Waals surface area contributed by atoms with Crippen LogP contribution in [-0.4, -0.2) is 15.0 Å². The Hall–Kier alpha value is -0.940. The summed E-state index contributed by atoms with van der Waals surface area (Å²) >= 11 is 0. The molecule has 1 heterocycles. The lowest BCUT2D eigenvalue weighted by Crippen LogP contribution is -2.29. The van der Waals surface area contributed by atoms with E-state index in [0.717, 1.165) is 12.1 Å². The second-order valence-corrected chi connectivity index (χ2v) is 3.85. The largest absolute Gasteiger partial charge is 0.271 e. The highest BCUT2D eigenvalue weighted by atomic mass is 15.4. The maximum absolute atomic E-state index is 5.53. The zero-order chi connectivity index (χ0) is 11.1. The smallest absolute Gasteiger partial charge is 0.0766 e. The van der Waals surface area contributed by atoms with Crippen LogP contribution in [0.2, 0.25) is 0 Å². The Balaban J connectivity index is 2.39. The number of unbranched alkanes of at least 4 members (excludes halogenated alkanes) is 3. The topological polar surface area (TPSA) is 68.8 Å². The lowest BCUT2D eigenvalue weighted by atomic mass is 10.1. The van der Waals surface area contributed by atoms with Gasteiger partial charge < -0.3 is 0 Å². The van der Waals surface area contributed by atoms with E-state index in [2.05, 4.69) is 22.7 Å². The van der Waals surface area contributed by atoms with Crippen LogP contribution in [-0.2, 0) is 7.05 Å². The molecule has 5 nitrogen and oxygen atoms in total. The molecule has 3 N–H and O–H groups in total. The monoisotopic (exact) mass is 211 g/mol. The van der Waals surface area contributed by atoms with Crippen molar-refractivity contribution in [1.29, 1.82) is 0 Å².